The van der Waals surface area contributed by atoms with Crippen molar-refractivity contribution in [3.05, 3.63) is 88.2 Å². The van der Waals surface area contributed by atoms with E-state index in [-0.39, 0.29) is 4.90 Å². The lowest BCUT2D eigenvalue weighted by Crippen LogP contribution is -2.23. The van der Waals surface area contributed by atoms with E-state index in [9.17, 15) is 8.42 Å². The molecule has 0 spiro atoms. The lowest BCUT2D eigenvalue weighted by Gasteiger charge is -2.26. The summed E-state index contributed by atoms with van der Waals surface area (Å²) in [4.78, 5) is 4.92. The number of nitrogens with zero attached hydrogens (tertiary/aromatic N) is 2. The number of hydrogen-bond donors (Lipinski definition) is 0. The number of aryl methyl sites for hydroxylation is 2. The Labute approximate surface area is 183 Å². The van der Waals surface area contributed by atoms with Crippen LogP contribution in [0.1, 0.15) is 29.5 Å². The summed E-state index contributed by atoms with van der Waals surface area (Å²) in [5.74, 6) is 1.17. The van der Waals surface area contributed by atoms with Gasteiger partial charge in [0.25, 0.3) is 10.0 Å². The molecular formula is C23H19BrN2O3S. The smallest absolute Gasteiger partial charge is 0.269 e. The highest BCUT2D eigenvalue weighted by molar-refractivity contribution is 9.10. The first kappa shape index (κ1) is 19.3. The predicted molar refractivity (Wildman–Crippen MR) is 119 cm³/mol. The molecule has 0 radical (unpaired) electrons. The molecule has 1 aromatic heterocycles. The van der Waals surface area contributed by atoms with Crippen molar-refractivity contribution in [2.45, 2.75) is 30.8 Å². The van der Waals surface area contributed by atoms with Crippen LogP contribution in [0.5, 0.6) is 5.75 Å². The Balaban J connectivity index is 1.67. The fraction of sp³-hybridized carbons (Fsp3) is 0.174. The second kappa shape index (κ2) is 7.25. The van der Waals surface area contributed by atoms with E-state index in [1.807, 2.05) is 43.3 Å². The number of aromatic nitrogens is 2. The largest absolute Gasteiger partial charge is 0.482 e. The molecule has 5 nitrogen and oxygen atoms in total. The van der Waals surface area contributed by atoms with Gasteiger partial charge in [0.2, 0.25) is 0 Å². The molecule has 1 unspecified atom stereocenters. The average Bonchev–Trinajstić information content (AvgIpc) is 3.14. The Morgan fingerprint density at radius 2 is 1.83 bits per heavy atom. The number of rotatable bonds is 3. The molecule has 1 aliphatic heterocycles. The predicted octanol–water partition coefficient (Wildman–Crippen LogP) is 5.41. The molecule has 0 amide bonds. The first-order valence-corrected chi connectivity index (χ1v) is 11.9. The Morgan fingerprint density at radius 3 is 2.63 bits per heavy atom. The third kappa shape index (κ3) is 3.22. The van der Waals surface area contributed by atoms with Crippen molar-refractivity contribution in [2.24, 2.45) is 0 Å². The zero-order valence-electron chi connectivity index (χ0n) is 16.2. The molecule has 2 heterocycles. The van der Waals surface area contributed by atoms with Crippen molar-refractivity contribution in [3.8, 4) is 5.75 Å². The lowest BCUT2D eigenvalue weighted by molar-refractivity contribution is 0.167. The van der Waals surface area contributed by atoms with Crippen LogP contribution in [-0.4, -0.2) is 17.4 Å². The van der Waals surface area contributed by atoms with Crippen LogP contribution in [0.15, 0.2) is 76.1 Å². The van der Waals surface area contributed by atoms with E-state index in [2.05, 4.69) is 20.9 Å². The number of fused-ring (bicyclic) bond motifs is 2. The second-order valence-corrected chi connectivity index (χ2v) is 10.1. The van der Waals surface area contributed by atoms with Crippen molar-refractivity contribution in [2.75, 3.05) is 0 Å². The summed E-state index contributed by atoms with van der Waals surface area (Å²) in [6.45, 7) is 1.93. The minimum absolute atomic E-state index is 0.234. The number of para-hydroxylation sites is 2. The van der Waals surface area contributed by atoms with E-state index in [4.69, 9.17) is 4.74 Å². The highest BCUT2D eigenvalue weighted by Gasteiger charge is 2.32. The van der Waals surface area contributed by atoms with Gasteiger partial charge in [0.05, 0.1) is 15.9 Å². The SMILES string of the molecule is Cc1ccc(S(=O)(=O)n2c(C3CCc4cc(Br)ccc4O3)nc3ccccc32)cc1. The van der Waals surface area contributed by atoms with Gasteiger partial charge < -0.3 is 4.74 Å². The van der Waals surface area contributed by atoms with E-state index in [1.54, 1.807) is 30.3 Å². The van der Waals surface area contributed by atoms with Gasteiger partial charge >= 0.3 is 0 Å². The van der Waals surface area contributed by atoms with Crippen molar-refractivity contribution in [1.82, 2.24) is 8.96 Å². The van der Waals surface area contributed by atoms with Crippen molar-refractivity contribution < 1.29 is 13.2 Å². The van der Waals surface area contributed by atoms with Gasteiger partial charge in [-0.25, -0.2) is 17.4 Å². The number of hydrogen-bond acceptors (Lipinski definition) is 4. The van der Waals surface area contributed by atoms with Gasteiger partial charge in [-0.1, -0.05) is 45.8 Å². The van der Waals surface area contributed by atoms with Crippen LogP contribution in [0.25, 0.3) is 11.0 Å². The number of benzene rings is 3. The summed E-state index contributed by atoms with van der Waals surface area (Å²) in [5.41, 5.74) is 3.29. The van der Waals surface area contributed by atoms with Gasteiger partial charge in [0.1, 0.15) is 5.75 Å². The Kier molecular flexibility index (Phi) is 4.67. The summed E-state index contributed by atoms with van der Waals surface area (Å²) in [7, 11) is -3.84. The first-order valence-electron chi connectivity index (χ1n) is 9.68. The molecular weight excluding hydrogens is 464 g/mol. The Bertz CT molecular complexity index is 1360. The Morgan fingerprint density at radius 1 is 1.07 bits per heavy atom. The standard InChI is InChI=1S/C23H19BrN2O3S/c1-15-6-10-18(11-7-15)30(27,28)26-20-5-3-2-4-19(20)25-23(26)22-12-8-16-14-17(24)9-13-21(16)29-22/h2-7,9-11,13-14,22H,8,12H2,1H3. The van der Waals surface area contributed by atoms with Crippen LogP contribution >= 0.6 is 15.9 Å². The molecule has 0 saturated heterocycles. The quantitative estimate of drug-likeness (QED) is 0.391. The molecule has 1 aliphatic rings. The zero-order valence-corrected chi connectivity index (χ0v) is 18.7. The molecule has 0 N–H and O–H groups in total. The highest BCUT2D eigenvalue weighted by atomic mass is 79.9. The van der Waals surface area contributed by atoms with Crippen LogP contribution in [0.4, 0.5) is 0 Å². The monoisotopic (exact) mass is 482 g/mol. The lowest BCUT2D eigenvalue weighted by atomic mass is 10.0. The fourth-order valence-corrected chi connectivity index (χ4v) is 5.75. The number of imidazole rings is 1. The molecule has 152 valence electrons. The third-order valence-electron chi connectivity index (χ3n) is 5.36. The molecule has 0 fully saturated rings. The molecule has 7 heteroatoms. The maximum atomic E-state index is 13.6. The van der Waals surface area contributed by atoms with Crippen LogP contribution in [0, 0.1) is 6.92 Å². The van der Waals surface area contributed by atoms with E-state index >= 15 is 0 Å². The number of ether oxygens (including phenoxy) is 1. The van der Waals surface area contributed by atoms with Gasteiger partial charge in [0, 0.05) is 4.47 Å². The molecule has 1 atom stereocenters. The Hall–Kier alpha value is -2.64. The zero-order chi connectivity index (χ0) is 20.9. The third-order valence-corrected chi connectivity index (χ3v) is 7.58. The minimum Gasteiger partial charge on any atom is -0.482 e. The normalized spacial score (nSPS) is 16.3. The molecule has 0 saturated carbocycles. The molecule has 0 aliphatic carbocycles. The summed E-state index contributed by atoms with van der Waals surface area (Å²) in [6, 6.07) is 20.0. The van der Waals surface area contributed by atoms with Gasteiger partial charge in [-0.05, 0) is 67.8 Å². The topological polar surface area (TPSA) is 61.2 Å². The molecule has 5 rings (SSSR count). The van der Waals surface area contributed by atoms with E-state index in [0.29, 0.717) is 23.3 Å². The second-order valence-electron chi connectivity index (χ2n) is 7.44. The molecule has 0 bridgehead atoms. The van der Waals surface area contributed by atoms with E-state index < -0.39 is 16.1 Å². The highest BCUT2D eigenvalue weighted by Crippen LogP contribution is 2.38. The van der Waals surface area contributed by atoms with E-state index in [0.717, 1.165) is 27.8 Å². The summed E-state index contributed by atoms with van der Waals surface area (Å²) in [6.07, 6.45) is 0.981. The minimum atomic E-state index is -3.84. The maximum absolute atomic E-state index is 13.6. The number of halogens is 1. The van der Waals surface area contributed by atoms with Crippen LogP contribution in [0.2, 0.25) is 0 Å². The van der Waals surface area contributed by atoms with Crippen LogP contribution < -0.4 is 4.74 Å². The van der Waals surface area contributed by atoms with Gasteiger partial charge in [0.15, 0.2) is 11.9 Å². The summed E-state index contributed by atoms with van der Waals surface area (Å²) in [5, 5.41) is 0. The van der Waals surface area contributed by atoms with Crippen molar-refractivity contribution in [1.29, 1.82) is 0 Å². The van der Waals surface area contributed by atoms with E-state index in [1.165, 1.54) is 3.97 Å². The summed E-state index contributed by atoms with van der Waals surface area (Å²) < 4.78 is 35.8. The van der Waals surface area contributed by atoms with Crippen molar-refractivity contribution >= 4 is 37.0 Å². The van der Waals surface area contributed by atoms with Gasteiger partial charge in [-0.3, -0.25) is 0 Å². The van der Waals surface area contributed by atoms with Crippen molar-refractivity contribution in [3.63, 3.8) is 0 Å². The summed E-state index contributed by atoms with van der Waals surface area (Å²) >= 11 is 3.49. The maximum Gasteiger partial charge on any atom is 0.269 e. The first-order chi connectivity index (χ1) is 14.4. The fourth-order valence-electron chi connectivity index (χ4n) is 3.83. The van der Waals surface area contributed by atoms with Gasteiger partial charge in [-0.2, -0.15) is 0 Å². The van der Waals surface area contributed by atoms with Crippen LogP contribution in [-0.2, 0) is 16.4 Å². The molecule has 30 heavy (non-hydrogen) atoms. The molecule has 3 aromatic carbocycles. The average molecular weight is 483 g/mol. The molecule has 4 aromatic rings. The van der Waals surface area contributed by atoms with Crippen LogP contribution in [0.3, 0.4) is 0 Å². The van der Waals surface area contributed by atoms with Gasteiger partial charge in [-0.15, -0.1) is 0 Å².